The molecule has 21 heavy (non-hydrogen) atoms. The van der Waals surface area contributed by atoms with Crippen molar-refractivity contribution in [1.82, 2.24) is 0 Å². The number of rotatable bonds is 7. The molecule has 2 aromatic rings. The molecule has 0 heterocycles. The number of ether oxygens (including phenoxy) is 3. The van der Waals surface area contributed by atoms with E-state index < -0.39 is 0 Å². The molecule has 0 unspecified atom stereocenters. The molecule has 0 bridgehead atoms. The summed E-state index contributed by atoms with van der Waals surface area (Å²) in [4.78, 5) is 0. The molecule has 0 spiro atoms. The van der Waals surface area contributed by atoms with E-state index in [1.165, 1.54) is 5.56 Å². The van der Waals surface area contributed by atoms with Crippen molar-refractivity contribution in [1.29, 1.82) is 0 Å². The number of hydrogen-bond acceptors (Lipinski definition) is 3. The van der Waals surface area contributed by atoms with Gasteiger partial charge in [-0.3, -0.25) is 0 Å². The molecule has 2 rings (SSSR count). The van der Waals surface area contributed by atoms with Gasteiger partial charge in [-0.05, 0) is 12.1 Å². The molecule has 2 aromatic carbocycles. The highest BCUT2D eigenvalue weighted by atomic mass is 16.5. The fourth-order valence-corrected chi connectivity index (χ4v) is 2.33. The number of nitrogens with two attached hydrogens (primary N) is 1. The highest BCUT2D eigenvalue weighted by molar-refractivity contribution is 5.55. The Hall–Kier alpha value is -2.20. The first-order valence-corrected chi connectivity index (χ1v) is 6.93. The van der Waals surface area contributed by atoms with Gasteiger partial charge in [-0.25, -0.2) is 0 Å². The third-order valence-corrected chi connectivity index (χ3v) is 3.37. The summed E-state index contributed by atoms with van der Waals surface area (Å²) < 4.78 is 16.2. The van der Waals surface area contributed by atoms with Crippen LogP contribution in [0.15, 0.2) is 42.5 Å². The minimum absolute atomic E-state index is 0.644. The topological polar surface area (TPSA) is 44.3 Å². The van der Waals surface area contributed by atoms with E-state index in [1.54, 1.807) is 21.3 Å². The summed E-state index contributed by atoms with van der Waals surface area (Å²) in [6.07, 6.45) is 0. The van der Waals surface area contributed by atoms with Crippen LogP contribution in [-0.2, 0) is 13.1 Å². The van der Waals surface area contributed by atoms with Crippen LogP contribution < -0.4 is 19.5 Å². The van der Waals surface area contributed by atoms with Gasteiger partial charge in [-0.2, -0.15) is 0 Å². The van der Waals surface area contributed by atoms with Crippen molar-refractivity contribution in [3.63, 3.8) is 0 Å². The van der Waals surface area contributed by atoms with E-state index in [9.17, 15) is 0 Å². The molecule has 0 amide bonds. The molecule has 4 heteroatoms. The van der Waals surface area contributed by atoms with Gasteiger partial charge in [0.25, 0.3) is 0 Å². The second-order valence-electron chi connectivity index (χ2n) is 4.68. The van der Waals surface area contributed by atoms with Crippen LogP contribution >= 0.6 is 0 Å². The van der Waals surface area contributed by atoms with Gasteiger partial charge in [-0.15, -0.1) is 0 Å². The van der Waals surface area contributed by atoms with Gasteiger partial charge in [0.1, 0.15) is 13.1 Å². The van der Waals surface area contributed by atoms with E-state index in [-0.39, 0.29) is 0 Å². The molecule has 0 saturated carbocycles. The first-order chi connectivity index (χ1) is 10.3. The third-order valence-electron chi connectivity index (χ3n) is 3.37. The summed E-state index contributed by atoms with van der Waals surface area (Å²) in [5, 5.41) is 2.24. The zero-order valence-corrected chi connectivity index (χ0v) is 12.8. The Bertz CT molecular complexity index is 570. The molecule has 0 saturated heterocycles. The minimum atomic E-state index is 0.644. The Morgan fingerprint density at radius 2 is 1.48 bits per heavy atom. The van der Waals surface area contributed by atoms with Crippen LogP contribution in [0.25, 0.3) is 0 Å². The molecular formula is C17H22NO3+. The van der Waals surface area contributed by atoms with Crippen LogP contribution in [0.5, 0.6) is 17.2 Å². The first-order valence-electron chi connectivity index (χ1n) is 6.93. The molecule has 4 nitrogen and oxygen atoms in total. The van der Waals surface area contributed by atoms with Crippen molar-refractivity contribution in [2.75, 3.05) is 21.3 Å². The van der Waals surface area contributed by atoms with Gasteiger partial charge in [0, 0.05) is 5.56 Å². The predicted molar refractivity (Wildman–Crippen MR) is 81.9 cm³/mol. The van der Waals surface area contributed by atoms with Gasteiger partial charge in [0.15, 0.2) is 11.5 Å². The lowest BCUT2D eigenvalue weighted by Crippen LogP contribution is -2.80. The molecule has 2 N–H and O–H groups in total. The lowest BCUT2D eigenvalue weighted by atomic mass is 10.1. The Morgan fingerprint density at radius 3 is 2.10 bits per heavy atom. The fourth-order valence-electron chi connectivity index (χ4n) is 2.33. The van der Waals surface area contributed by atoms with Crippen molar-refractivity contribution >= 4 is 0 Å². The molecule has 0 aromatic heterocycles. The molecule has 0 aliphatic carbocycles. The monoisotopic (exact) mass is 288 g/mol. The van der Waals surface area contributed by atoms with E-state index in [0.29, 0.717) is 11.5 Å². The number of benzene rings is 2. The Kier molecular flexibility index (Phi) is 5.46. The van der Waals surface area contributed by atoms with Crippen LogP contribution in [0.1, 0.15) is 11.1 Å². The Morgan fingerprint density at radius 1 is 0.762 bits per heavy atom. The van der Waals surface area contributed by atoms with Crippen LogP contribution in [-0.4, -0.2) is 21.3 Å². The zero-order valence-electron chi connectivity index (χ0n) is 12.8. The molecule has 0 aliphatic rings. The van der Waals surface area contributed by atoms with Crippen molar-refractivity contribution in [2.45, 2.75) is 13.1 Å². The van der Waals surface area contributed by atoms with Gasteiger partial charge in [0.05, 0.1) is 26.9 Å². The summed E-state index contributed by atoms with van der Waals surface area (Å²) in [6.45, 7) is 1.75. The smallest absolute Gasteiger partial charge is 0.203 e. The van der Waals surface area contributed by atoms with Gasteiger partial charge in [0.2, 0.25) is 5.75 Å². The summed E-state index contributed by atoms with van der Waals surface area (Å²) in [6, 6.07) is 14.3. The van der Waals surface area contributed by atoms with Gasteiger partial charge >= 0.3 is 0 Å². The molecule has 0 atom stereocenters. The number of methoxy groups -OCH3 is 3. The van der Waals surface area contributed by atoms with Crippen molar-refractivity contribution in [2.24, 2.45) is 0 Å². The maximum atomic E-state index is 5.49. The standard InChI is InChI=1S/C17H21NO3/c1-19-15-10-9-14(16(20-2)17(15)21-3)12-18-11-13-7-5-4-6-8-13/h4-10,18H,11-12H2,1-3H3/p+1. The molecular weight excluding hydrogens is 266 g/mol. The summed E-state index contributed by atoms with van der Waals surface area (Å²) >= 11 is 0. The number of quaternary nitrogens is 1. The average Bonchev–Trinajstić information content (AvgIpc) is 2.55. The normalized spacial score (nSPS) is 10.2. The van der Waals surface area contributed by atoms with Crippen LogP contribution in [0.3, 0.4) is 0 Å². The SMILES string of the molecule is COc1ccc(C[NH2+]Cc2ccccc2)c(OC)c1OC. The molecule has 0 aliphatic heterocycles. The van der Waals surface area contributed by atoms with Crippen molar-refractivity contribution in [3.05, 3.63) is 53.6 Å². The van der Waals surface area contributed by atoms with E-state index in [2.05, 4.69) is 29.6 Å². The largest absolute Gasteiger partial charge is 0.493 e. The third kappa shape index (κ3) is 3.67. The predicted octanol–water partition coefficient (Wildman–Crippen LogP) is 1.98. The number of hydrogen-bond donors (Lipinski definition) is 1. The van der Waals surface area contributed by atoms with Gasteiger partial charge in [-0.1, -0.05) is 30.3 Å². The maximum absolute atomic E-state index is 5.49. The van der Waals surface area contributed by atoms with Crippen LogP contribution in [0.4, 0.5) is 0 Å². The second kappa shape index (κ2) is 7.55. The lowest BCUT2D eigenvalue weighted by molar-refractivity contribution is -0.686. The minimum Gasteiger partial charge on any atom is -0.493 e. The Balaban J connectivity index is 2.09. The van der Waals surface area contributed by atoms with Crippen LogP contribution in [0, 0.1) is 0 Å². The van der Waals surface area contributed by atoms with E-state index in [1.807, 2.05) is 18.2 Å². The fraction of sp³-hybridized carbons (Fsp3) is 0.294. The summed E-state index contributed by atoms with van der Waals surface area (Å²) in [5.74, 6) is 2.06. The summed E-state index contributed by atoms with van der Waals surface area (Å²) in [7, 11) is 4.90. The van der Waals surface area contributed by atoms with Crippen molar-refractivity contribution < 1.29 is 19.5 Å². The van der Waals surface area contributed by atoms with Crippen LogP contribution in [0.2, 0.25) is 0 Å². The average molecular weight is 288 g/mol. The van der Waals surface area contributed by atoms with Gasteiger partial charge < -0.3 is 19.5 Å². The molecule has 0 radical (unpaired) electrons. The highest BCUT2D eigenvalue weighted by Crippen LogP contribution is 2.39. The first kappa shape index (κ1) is 15.2. The Labute approximate surface area is 125 Å². The zero-order chi connectivity index (χ0) is 15.1. The van der Waals surface area contributed by atoms with E-state index in [4.69, 9.17) is 14.2 Å². The highest BCUT2D eigenvalue weighted by Gasteiger charge is 2.16. The lowest BCUT2D eigenvalue weighted by Gasteiger charge is -2.15. The quantitative estimate of drug-likeness (QED) is 0.847. The summed E-state index contributed by atoms with van der Waals surface area (Å²) in [5.41, 5.74) is 2.39. The maximum Gasteiger partial charge on any atom is 0.203 e. The van der Waals surface area contributed by atoms with E-state index >= 15 is 0 Å². The van der Waals surface area contributed by atoms with Crippen molar-refractivity contribution in [3.8, 4) is 17.2 Å². The molecule has 112 valence electrons. The van der Waals surface area contributed by atoms with E-state index in [0.717, 1.165) is 24.4 Å². The second-order valence-corrected chi connectivity index (χ2v) is 4.68. The molecule has 0 fully saturated rings.